The number of unbranched alkanes of at least 4 members (excludes halogenated alkanes) is 8. The van der Waals surface area contributed by atoms with E-state index in [0.29, 0.717) is 24.8 Å². The number of para-hydroxylation sites is 1. The first-order valence-electron chi connectivity index (χ1n) is 21.5. The first kappa shape index (κ1) is 46.5. The van der Waals surface area contributed by atoms with Crippen LogP contribution in [0.15, 0.2) is 72.8 Å². The molecular formula is C49H73NO6. The monoisotopic (exact) mass is 772 g/mol. The van der Waals surface area contributed by atoms with Gasteiger partial charge in [-0.2, -0.15) is 0 Å². The van der Waals surface area contributed by atoms with Gasteiger partial charge in [0.25, 0.3) is 0 Å². The number of hydrogen-bond donors (Lipinski definition) is 0. The molecule has 7 nitrogen and oxygen atoms in total. The van der Waals surface area contributed by atoms with Crippen LogP contribution in [0, 0.1) is 11.8 Å². The normalized spacial score (nSPS) is 14.7. The van der Waals surface area contributed by atoms with Crippen LogP contribution in [0.25, 0.3) is 0 Å². The molecule has 0 amide bonds. The Balaban J connectivity index is 1.48. The molecule has 0 N–H and O–H groups in total. The maximum Gasteiger partial charge on any atom is 0.338 e. The zero-order valence-electron chi connectivity index (χ0n) is 35.9. The Kier molecular flexibility index (Phi) is 20.5. The predicted octanol–water partition coefficient (Wildman–Crippen LogP) is 11.9. The summed E-state index contributed by atoms with van der Waals surface area (Å²) in [5.41, 5.74) is 3.46. The number of carbonyl (C=O) groups is 3. The quantitative estimate of drug-likeness (QED) is 0.0481. The molecule has 7 heteroatoms. The van der Waals surface area contributed by atoms with Gasteiger partial charge in [0.1, 0.15) is 19.8 Å². The minimum absolute atomic E-state index is 0.0112. The number of benzene rings is 2. The van der Waals surface area contributed by atoms with Gasteiger partial charge in [-0.1, -0.05) is 129 Å². The van der Waals surface area contributed by atoms with E-state index in [9.17, 15) is 14.4 Å². The molecule has 1 aliphatic rings. The zero-order valence-corrected chi connectivity index (χ0v) is 35.9. The zero-order chi connectivity index (χ0) is 40.8. The average molecular weight is 772 g/mol. The van der Waals surface area contributed by atoms with Gasteiger partial charge in [0, 0.05) is 25.2 Å². The minimum atomic E-state index is -0.478. The van der Waals surface area contributed by atoms with E-state index in [0.717, 1.165) is 74.8 Å². The van der Waals surface area contributed by atoms with Gasteiger partial charge in [-0.25, -0.2) is 4.79 Å². The smallest absolute Gasteiger partial charge is 0.338 e. The van der Waals surface area contributed by atoms with Crippen LogP contribution in [0.3, 0.4) is 0 Å². The highest BCUT2D eigenvalue weighted by atomic mass is 16.6. The molecule has 1 heterocycles. The van der Waals surface area contributed by atoms with Crippen LogP contribution < -0.4 is 4.90 Å². The molecule has 0 spiro atoms. The Morgan fingerprint density at radius 2 is 1.25 bits per heavy atom. The molecule has 0 saturated carbocycles. The summed E-state index contributed by atoms with van der Waals surface area (Å²) in [7, 11) is 0. The van der Waals surface area contributed by atoms with Crippen LogP contribution in [0.5, 0.6) is 0 Å². The molecule has 0 bridgehead atoms. The largest absolute Gasteiger partial charge is 0.465 e. The van der Waals surface area contributed by atoms with Crippen molar-refractivity contribution in [1.29, 1.82) is 0 Å². The van der Waals surface area contributed by atoms with E-state index in [4.69, 9.17) is 14.2 Å². The van der Waals surface area contributed by atoms with Crippen LogP contribution in [-0.2, 0) is 34.6 Å². The number of esters is 3. The van der Waals surface area contributed by atoms with Crippen LogP contribution in [0.4, 0.5) is 5.69 Å². The Hall–Kier alpha value is -3.87. The second kappa shape index (κ2) is 24.7. The fourth-order valence-electron chi connectivity index (χ4n) is 6.73. The second-order valence-electron chi connectivity index (χ2n) is 17.7. The van der Waals surface area contributed by atoms with Crippen molar-refractivity contribution < 1.29 is 28.6 Å². The van der Waals surface area contributed by atoms with Gasteiger partial charge in [0.15, 0.2) is 0 Å². The molecule has 1 saturated heterocycles. The van der Waals surface area contributed by atoms with E-state index >= 15 is 0 Å². The van der Waals surface area contributed by atoms with Crippen LogP contribution in [0.1, 0.15) is 160 Å². The Labute approximate surface area is 339 Å². The summed E-state index contributed by atoms with van der Waals surface area (Å²) in [6.07, 6.45) is 23.1. The number of allylic oxidation sites excluding steroid dienone is 4. The molecule has 56 heavy (non-hydrogen) atoms. The number of hydrogen-bond acceptors (Lipinski definition) is 7. The topological polar surface area (TPSA) is 82.1 Å². The number of anilines is 1. The van der Waals surface area contributed by atoms with Crippen molar-refractivity contribution >= 4 is 23.6 Å². The third kappa shape index (κ3) is 17.9. The summed E-state index contributed by atoms with van der Waals surface area (Å²) >= 11 is 0. The summed E-state index contributed by atoms with van der Waals surface area (Å²) < 4.78 is 17.4. The third-order valence-electron chi connectivity index (χ3n) is 10.6. The fraction of sp³-hybridized carbons (Fsp3) is 0.612. The van der Waals surface area contributed by atoms with Gasteiger partial charge in [0.05, 0.1) is 17.4 Å². The molecule has 0 aromatic heterocycles. The van der Waals surface area contributed by atoms with E-state index in [1.165, 1.54) is 25.7 Å². The number of nitrogens with zero attached hydrogens (tertiary/aromatic N) is 1. The Bertz CT molecular complexity index is 1470. The van der Waals surface area contributed by atoms with Crippen molar-refractivity contribution in [3.05, 3.63) is 89.5 Å². The highest BCUT2D eigenvalue weighted by Crippen LogP contribution is 2.31. The number of carbonyl (C=O) groups excluding carboxylic acids is 3. The van der Waals surface area contributed by atoms with Crippen molar-refractivity contribution in [2.24, 2.45) is 11.8 Å². The van der Waals surface area contributed by atoms with E-state index < -0.39 is 11.9 Å². The average Bonchev–Trinajstić information content (AvgIpc) is 3.18. The molecular weight excluding hydrogens is 699 g/mol. The van der Waals surface area contributed by atoms with Gasteiger partial charge >= 0.3 is 17.9 Å². The van der Waals surface area contributed by atoms with Crippen molar-refractivity contribution in [3.8, 4) is 0 Å². The lowest BCUT2D eigenvalue weighted by atomic mass is 9.79. The Morgan fingerprint density at radius 1 is 0.696 bits per heavy atom. The first-order valence-corrected chi connectivity index (χ1v) is 21.5. The van der Waals surface area contributed by atoms with E-state index in [-0.39, 0.29) is 48.5 Å². The molecule has 1 atom stereocenters. The molecule has 3 rings (SSSR count). The van der Waals surface area contributed by atoms with Crippen LogP contribution in [0.2, 0.25) is 0 Å². The lowest BCUT2D eigenvalue weighted by Crippen LogP contribution is -2.37. The highest BCUT2D eigenvalue weighted by Gasteiger charge is 2.28. The minimum Gasteiger partial charge on any atom is -0.465 e. The second-order valence-corrected chi connectivity index (χ2v) is 17.7. The van der Waals surface area contributed by atoms with E-state index in [2.05, 4.69) is 95.9 Å². The lowest BCUT2D eigenvalue weighted by Gasteiger charge is -2.32. The standard InChI is InChI=1S/C49H73NO6/c1-8-9-10-11-12-13-14-15-16-17-18-19-20-21-25-28-45(51)54-36-39(37-55-46(52)40-29-31-50(32-30-40)44-26-23-22-24-27-44)38-56-47(53)41-33-42(48(2,3)4)35-43(34-41)49(5,6)7/h12-13,15-16,22-24,26-27,33-35,39-40H,8-11,14,17-21,25,28-32,36-38H2,1-7H3/b13-12-,16-15-. The Morgan fingerprint density at radius 3 is 1.86 bits per heavy atom. The molecule has 310 valence electrons. The highest BCUT2D eigenvalue weighted by molar-refractivity contribution is 5.90. The maximum atomic E-state index is 13.5. The predicted molar refractivity (Wildman–Crippen MR) is 230 cm³/mol. The number of piperidine rings is 1. The molecule has 1 aliphatic heterocycles. The van der Waals surface area contributed by atoms with Crippen LogP contribution in [-0.4, -0.2) is 50.8 Å². The summed E-state index contributed by atoms with van der Waals surface area (Å²) in [4.78, 5) is 41.8. The van der Waals surface area contributed by atoms with Crippen LogP contribution >= 0.6 is 0 Å². The van der Waals surface area contributed by atoms with Crippen molar-refractivity contribution in [2.75, 3.05) is 37.8 Å². The fourth-order valence-corrected chi connectivity index (χ4v) is 6.73. The van der Waals surface area contributed by atoms with Gasteiger partial charge in [-0.15, -0.1) is 0 Å². The molecule has 2 aromatic carbocycles. The van der Waals surface area contributed by atoms with Gasteiger partial charge in [-0.05, 0) is 97.6 Å². The first-order chi connectivity index (χ1) is 26.8. The van der Waals surface area contributed by atoms with Crippen molar-refractivity contribution in [3.63, 3.8) is 0 Å². The molecule has 2 aromatic rings. The van der Waals surface area contributed by atoms with Crippen molar-refractivity contribution in [1.82, 2.24) is 0 Å². The lowest BCUT2D eigenvalue weighted by molar-refractivity contribution is -0.153. The molecule has 0 aliphatic carbocycles. The summed E-state index contributed by atoms with van der Waals surface area (Å²) in [5, 5.41) is 0. The number of rotatable bonds is 23. The molecule has 0 radical (unpaired) electrons. The summed E-state index contributed by atoms with van der Waals surface area (Å²) in [5.74, 6) is -1.65. The summed E-state index contributed by atoms with van der Waals surface area (Å²) in [6.45, 7) is 16.6. The third-order valence-corrected chi connectivity index (χ3v) is 10.6. The SMILES string of the molecule is CCCCC/C=C\C/C=C\CCCCCCCC(=O)OCC(COC(=O)c1cc(C(C)(C)C)cc(C(C)(C)C)c1)COC(=O)C1CCN(c2ccccc2)CC1. The maximum absolute atomic E-state index is 13.5. The van der Waals surface area contributed by atoms with Crippen molar-refractivity contribution in [2.45, 2.75) is 149 Å². The van der Waals surface area contributed by atoms with E-state index in [1.807, 2.05) is 30.3 Å². The summed E-state index contributed by atoms with van der Waals surface area (Å²) in [6, 6.07) is 16.2. The van der Waals surface area contributed by atoms with Gasteiger partial charge in [-0.3, -0.25) is 9.59 Å². The molecule has 1 fully saturated rings. The number of ether oxygens (including phenoxy) is 3. The van der Waals surface area contributed by atoms with Gasteiger partial charge in [0.2, 0.25) is 0 Å². The molecule has 1 unspecified atom stereocenters. The van der Waals surface area contributed by atoms with E-state index in [1.54, 1.807) is 0 Å². The van der Waals surface area contributed by atoms with Gasteiger partial charge < -0.3 is 19.1 Å².